The van der Waals surface area contributed by atoms with E-state index in [1.54, 1.807) is 6.07 Å². The van der Waals surface area contributed by atoms with Gasteiger partial charge in [0.15, 0.2) is 5.81 Å². The molecule has 0 saturated heterocycles. The van der Waals surface area contributed by atoms with Crippen LogP contribution in [0.3, 0.4) is 0 Å². The SMILES string of the molecule is [B]C(=O)N1Cc2ccc([C-]=O)n2Cc2ccccc21.[W]. The molecule has 20 heavy (non-hydrogen) atoms. The van der Waals surface area contributed by atoms with Crippen molar-refractivity contribution in [3.8, 4) is 0 Å². The Balaban J connectivity index is 0.00000147. The number of rotatable bonds is 1. The van der Waals surface area contributed by atoms with Crippen molar-refractivity contribution in [1.29, 1.82) is 0 Å². The van der Waals surface area contributed by atoms with Gasteiger partial charge in [0.1, 0.15) is 0 Å². The van der Waals surface area contributed by atoms with Crippen LogP contribution in [-0.2, 0) is 38.9 Å². The number of hydrogen-bond donors (Lipinski definition) is 0. The van der Waals surface area contributed by atoms with Gasteiger partial charge < -0.3 is 14.3 Å². The van der Waals surface area contributed by atoms with Crippen LogP contribution in [0.4, 0.5) is 10.5 Å². The summed E-state index contributed by atoms with van der Waals surface area (Å²) in [4.78, 5) is 24.1. The summed E-state index contributed by atoms with van der Waals surface area (Å²) in [5.74, 6) is -0.501. The van der Waals surface area contributed by atoms with Crippen LogP contribution in [0.25, 0.3) is 0 Å². The minimum absolute atomic E-state index is 0. The molecule has 1 aromatic carbocycles. The van der Waals surface area contributed by atoms with Gasteiger partial charge >= 0.3 is 0 Å². The summed E-state index contributed by atoms with van der Waals surface area (Å²) in [5, 5.41) is 0. The maximum Gasteiger partial charge on any atom is 0.201 e. The van der Waals surface area contributed by atoms with Gasteiger partial charge in [-0.3, -0.25) is 4.79 Å². The van der Waals surface area contributed by atoms with Gasteiger partial charge in [0.25, 0.3) is 0 Å². The first kappa shape index (κ1) is 14.8. The van der Waals surface area contributed by atoms with Crippen molar-refractivity contribution in [2.75, 3.05) is 4.90 Å². The average Bonchev–Trinajstić information content (AvgIpc) is 2.70. The molecule has 0 unspecified atom stereocenters. The molecule has 2 heterocycles. The molecule has 6 heteroatoms. The third-order valence-corrected chi connectivity index (χ3v) is 3.37. The van der Waals surface area contributed by atoms with Gasteiger partial charge in [0, 0.05) is 45.3 Å². The molecule has 4 nitrogen and oxygen atoms in total. The van der Waals surface area contributed by atoms with Gasteiger partial charge in [-0.25, -0.2) is 0 Å². The van der Waals surface area contributed by atoms with Crippen molar-refractivity contribution in [3.05, 3.63) is 53.3 Å². The van der Waals surface area contributed by atoms with Crippen LogP contribution in [0.15, 0.2) is 36.4 Å². The predicted molar refractivity (Wildman–Crippen MR) is 72.1 cm³/mol. The fourth-order valence-electron chi connectivity index (χ4n) is 2.45. The molecule has 2 radical (unpaired) electrons. The van der Waals surface area contributed by atoms with E-state index >= 15 is 0 Å². The molecule has 2 aromatic rings. The van der Waals surface area contributed by atoms with Gasteiger partial charge in [-0.2, -0.15) is 6.07 Å². The van der Waals surface area contributed by atoms with Crippen LogP contribution >= 0.6 is 0 Å². The second kappa shape index (κ2) is 5.80. The molecule has 1 aliphatic rings. The van der Waals surface area contributed by atoms with Gasteiger partial charge in [-0.05, 0) is 11.6 Å². The number of benzene rings is 1. The monoisotopic (exact) mass is 433 g/mol. The molecule has 1 aliphatic heterocycles. The van der Waals surface area contributed by atoms with Crippen LogP contribution in [0.1, 0.15) is 17.0 Å². The Morgan fingerprint density at radius 1 is 1.15 bits per heavy atom. The molecule has 1 aromatic heterocycles. The number of hydrogen-bond acceptors (Lipinski definition) is 2. The van der Waals surface area contributed by atoms with Gasteiger partial charge in [0.2, 0.25) is 7.85 Å². The fourth-order valence-corrected chi connectivity index (χ4v) is 2.45. The first-order chi connectivity index (χ1) is 9.20. The van der Waals surface area contributed by atoms with Gasteiger partial charge in [-0.15, -0.1) is 6.07 Å². The first-order valence-corrected chi connectivity index (χ1v) is 5.92. The number of fused-ring (bicyclic) bond motifs is 2. The molecular weight excluding hydrogens is 423 g/mol. The third-order valence-electron chi connectivity index (χ3n) is 3.37. The maximum absolute atomic E-state index is 11.6. The Morgan fingerprint density at radius 3 is 2.60 bits per heavy atom. The number of amides is 1. The number of para-hydroxylation sites is 1. The zero-order valence-corrected chi connectivity index (χ0v) is 13.5. The minimum Gasteiger partial charge on any atom is -0.417 e. The second-order valence-electron chi connectivity index (χ2n) is 4.45. The van der Waals surface area contributed by atoms with Crippen LogP contribution in [0.2, 0.25) is 0 Å². The number of aromatic nitrogens is 1. The van der Waals surface area contributed by atoms with Crippen molar-refractivity contribution < 1.29 is 30.7 Å². The average molecular weight is 433 g/mol. The number of nitrogens with zero attached hydrogens (tertiary/aromatic N) is 2. The second-order valence-corrected chi connectivity index (χ2v) is 4.45. The van der Waals surface area contributed by atoms with E-state index in [2.05, 4.69) is 0 Å². The topological polar surface area (TPSA) is 42.3 Å². The molecular formula is C14H10BN2O2W-. The summed E-state index contributed by atoms with van der Waals surface area (Å²) in [7, 11) is 5.45. The zero-order chi connectivity index (χ0) is 13.4. The van der Waals surface area contributed by atoms with Crippen molar-refractivity contribution in [2.45, 2.75) is 13.1 Å². The number of carbonyl (C=O) groups excluding carboxylic acids is 2. The summed E-state index contributed by atoms with van der Waals surface area (Å²) < 4.78 is 1.86. The van der Waals surface area contributed by atoms with Crippen molar-refractivity contribution in [2.24, 2.45) is 0 Å². The summed E-state index contributed by atoms with van der Waals surface area (Å²) in [6, 6.07) is 11.1. The van der Waals surface area contributed by atoms with E-state index in [4.69, 9.17) is 7.85 Å². The van der Waals surface area contributed by atoms with E-state index in [1.807, 2.05) is 41.2 Å². The molecule has 0 N–H and O–H groups in total. The van der Waals surface area contributed by atoms with Gasteiger partial charge in [-0.1, -0.05) is 23.9 Å². The van der Waals surface area contributed by atoms with Crippen molar-refractivity contribution in [3.63, 3.8) is 0 Å². The standard InChI is InChI=1S/C14H10BN2O2.W/c15-14(19)17-8-11-5-6-12(9-18)16(11)7-10-3-1-2-4-13(10)17;/h1-6H,7-8H2;/q-1;. The van der Waals surface area contributed by atoms with Crippen LogP contribution < -0.4 is 4.90 Å². The van der Waals surface area contributed by atoms with E-state index in [-0.39, 0.29) is 21.1 Å². The van der Waals surface area contributed by atoms with Crippen LogP contribution in [0.5, 0.6) is 0 Å². The molecule has 0 atom stereocenters. The Bertz CT molecular complexity index is 669. The molecule has 0 spiro atoms. The molecule has 3 rings (SSSR count). The Morgan fingerprint density at radius 2 is 1.90 bits per heavy atom. The minimum atomic E-state index is -0.501. The molecule has 0 bridgehead atoms. The Kier molecular flexibility index (Phi) is 4.29. The van der Waals surface area contributed by atoms with Crippen molar-refractivity contribution in [1.82, 2.24) is 4.57 Å². The zero-order valence-electron chi connectivity index (χ0n) is 10.6. The third kappa shape index (κ3) is 2.38. The molecule has 0 fully saturated rings. The molecule has 0 saturated carbocycles. The quantitative estimate of drug-likeness (QED) is 0.507. The van der Waals surface area contributed by atoms with E-state index in [9.17, 15) is 9.59 Å². The van der Waals surface area contributed by atoms with E-state index < -0.39 is 5.81 Å². The molecule has 98 valence electrons. The van der Waals surface area contributed by atoms with Crippen LogP contribution in [-0.4, -0.2) is 24.5 Å². The van der Waals surface area contributed by atoms with E-state index in [0.29, 0.717) is 18.8 Å². The molecule has 0 aliphatic carbocycles. The Hall–Kier alpha value is -1.61. The summed E-state index contributed by atoms with van der Waals surface area (Å²) in [6.45, 7) is 0.890. The summed E-state index contributed by atoms with van der Waals surface area (Å²) in [5.41, 5.74) is 3.09. The smallest absolute Gasteiger partial charge is 0.201 e. The predicted octanol–water partition coefficient (Wildman–Crippen LogP) is 1.60. The number of carbonyl (C=O) groups is 1. The largest absolute Gasteiger partial charge is 0.417 e. The number of anilines is 1. The molecule has 1 amide bonds. The van der Waals surface area contributed by atoms with Crippen molar-refractivity contribution >= 4 is 25.6 Å². The maximum atomic E-state index is 11.6. The van der Waals surface area contributed by atoms with E-state index in [0.717, 1.165) is 16.9 Å². The first-order valence-electron chi connectivity index (χ1n) is 5.92. The summed E-state index contributed by atoms with van der Waals surface area (Å²) >= 11 is 0. The van der Waals surface area contributed by atoms with Gasteiger partial charge in [0.05, 0.1) is 6.54 Å². The Labute approximate surface area is 132 Å². The normalized spacial score (nSPS) is 12.7. The summed E-state index contributed by atoms with van der Waals surface area (Å²) in [6.07, 6.45) is 1.92. The fraction of sp³-hybridized carbons (Fsp3) is 0.143. The van der Waals surface area contributed by atoms with E-state index in [1.165, 1.54) is 4.90 Å². The van der Waals surface area contributed by atoms with Crippen LogP contribution in [0, 0.1) is 0 Å².